The first-order valence-corrected chi connectivity index (χ1v) is 10.6. The number of benzene rings is 4. The lowest BCUT2D eigenvalue weighted by Gasteiger charge is -2.14. The molecule has 5 aromatic rings. The van der Waals surface area contributed by atoms with Crippen LogP contribution in [-0.2, 0) is 12.8 Å². The number of fused-ring (bicyclic) bond motifs is 2. The fourth-order valence-electron chi connectivity index (χ4n) is 3.88. The van der Waals surface area contributed by atoms with Crippen molar-refractivity contribution < 1.29 is 27.1 Å². The summed E-state index contributed by atoms with van der Waals surface area (Å²) in [5, 5.41) is 12.0. The van der Waals surface area contributed by atoms with Gasteiger partial charge in [0.1, 0.15) is 18.2 Å². The highest BCUT2D eigenvalue weighted by atomic mass is 19.4. The number of carbonyl (C=O) groups excluding carboxylic acids is 1. The van der Waals surface area contributed by atoms with Crippen LogP contribution in [-0.4, -0.2) is 16.1 Å². The molecule has 2 N–H and O–H groups in total. The van der Waals surface area contributed by atoms with Crippen molar-refractivity contribution in [2.24, 2.45) is 0 Å². The summed E-state index contributed by atoms with van der Waals surface area (Å²) in [5.41, 5.74) is -0.216. The van der Waals surface area contributed by atoms with Gasteiger partial charge < -0.3 is 10.1 Å². The van der Waals surface area contributed by atoms with E-state index in [1.54, 1.807) is 30.3 Å². The Hall–Kier alpha value is -4.40. The van der Waals surface area contributed by atoms with E-state index >= 15 is 0 Å². The monoisotopic (exact) mass is 479 g/mol. The molecule has 0 spiro atoms. The number of rotatable bonds is 5. The molecule has 1 amide bonds. The van der Waals surface area contributed by atoms with Gasteiger partial charge in [0.05, 0.1) is 11.1 Å². The minimum atomic E-state index is -4.71. The van der Waals surface area contributed by atoms with E-state index < -0.39 is 24.2 Å². The van der Waals surface area contributed by atoms with Crippen LogP contribution in [0, 0.1) is 5.82 Å². The summed E-state index contributed by atoms with van der Waals surface area (Å²) in [7, 11) is 0. The van der Waals surface area contributed by atoms with Crippen molar-refractivity contribution in [2.75, 3.05) is 5.32 Å². The van der Waals surface area contributed by atoms with Gasteiger partial charge in [-0.05, 0) is 47.2 Å². The van der Waals surface area contributed by atoms with E-state index in [-0.39, 0.29) is 23.0 Å². The molecule has 9 heteroatoms. The normalized spacial score (nSPS) is 11.7. The highest BCUT2D eigenvalue weighted by Gasteiger charge is 2.33. The predicted octanol–water partition coefficient (Wildman–Crippen LogP) is 6.71. The number of aromatic amines is 1. The van der Waals surface area contributed by atoms with Gasteiger partial charge in [0.25, 0.3) is 5.91 Å². The summed E-state index contributed by atoms with van der Waals surface area (Å²) in [6, 6.07) is 20.1. The first-order valence-electron chi connectivity index (χ1n) is 10.6. The smallest absolute Gasteiger partial charge is 0.416 e. The molecule has 4 aromatic carbocycles. The van der Waals surface area contributed by atoms with Gasteiger partial charge in [-0.2, -0.15) is 18.3 Å². The molecular weight excluding hydrogens is 462 g/mol. The topological polar surface area (TPSA) is 67.0 Å². The number of carbonyl (C=O) groups is 1. The molecule has 0 aliphatic heterocycles. The average molecular weight is 479 g/mol. The molecule has 0 atom stereocenters. The highest BCUT2D eigenvalue weighted by Crippen LogP contribution is 2.33. The lowest BCUT2D eigenvalue weighted by atomic mass is 10.0. The third kappa shape index (κ3) is 4.52. The van der Waals surface area contributed by atoms with Gasteiger partial charge in [0, 0.05) is 16.5 Å². The third-order valence-electron chi connectivity index (χ3n) is 5.57. The van der Waals surface area contributed by atoms with Gasteiger partial charge in [-0.15, -0.1) is 0 Å². The summed E-state index contributed by atoms with van der Waals surface area (Å²) in [5.74, 6) is -0.826. The zero-order valence-corrected chi connectivity index (χ0v) is 18.0. The summed E-state index contributed by atoms with van der Waals surface area (Å²) in [6.45, 7) is -0.420. The Labute approximate surface area is 196 Å². The van der Waals surface area contributed by atoms with Crippen LogP contribution in [0.4, 0.5) is 23.4 Å². The van der Waals surface area contributed by atoms with Crippen molar-refractivity contribution in [2.45, 2.75) is 12.8 Å². The molecule has 0 saturated carbocycles. The molecule has 176 valence electrons. The average Bonchev–Trinajstić information content (AvgIpc) is 3.24. The Kier molecular flexibility index (Phi) is 5.60. The maximum atomic E-state index is 13.4. The third-order valence-corrected chi connectivity index (χ3v) is 5.57. The van der Waals surface area contributed by atoms with Gasteiger partial charge in [-0.1, -0.05) is 42.5 Å². The first-order chi connectivity index (χ1) is 16.8. The van der Waals surface area contributed by atoms with Crippen molar-refractivity contribution in [3.05, 3.63) is 101 Å². The Balaban J connectivity index is 1.39. The number of nitrogens with one attached hydrogen (secondary N) is 2. The number of halogens is 4. The predicted molar refractivity (Wildman–Crippen MR) is 124 cm³/mol. The molecule has 5 rings (SSSR count). The highest BCUT2D eigenvalue weighted by molar-refractivity contribution is 6.14. The van der Waals surface area contributed by atoms with Crippen LogP contribution in [0.3, 0.4) is 0 Å². The number of alkyl halides is 3. The van der Waals surface area contributed by atoms with Gasteiger partial charge in [0.2, 0.25) is 0 Å². The van der Waals surface area contributed by atoms with Crippen LogP contribution >= 0.6 is 0 Å². The van der Waals surface area contributed by atoms with Crippen LogP contribution in [0.5, 0.6) is 5.75 Å². The number of hydrogen-bond acceptors (Lipinski definition) is 3. The van der Waals surface area contributed by atoms with E-state index in [9.17, 15) is 22.4 Å². The van der Waals surface area contributed by atoms with Gasteiger partial charge in [0.15, 0.2) is 5.82 Å². The second-order valence-electron chi connectivity index (χ2n) is 7.85. The molecule has 0 saturated heterocycles. The summed E-state index contributed by atoms with van der Waals surface area (Å²) < 4.78 is 58.7. The van der Waals surface area contributed by atoms with Gasteiger partial charge in [-0.3, -0.25) is 9.89 Å². The number of H-pyrrole nitrogens is 1. The number of aromatic nitrogens is 2. The largest absolute Gasteiger partial charge is 0.489 e. The van der Waals surface area contributed by atoms with Crippen LogP contribution in [0.15, 0.2) is 78.9 Å². The SMILES string of the molecule is O=C(Nc1n[nH]c2ccc(OCc3ccc(F)cc3C(F)(F)F)cc12)c1cccc2ccccc12. The molecule has 0 aliphatic rings. The molecule has 1 aromatic heterocycles. The van der Waals surface area contributed by atoms with Crippen molar-refractivity contribution >= 4 is 33.4 Å². The molecular formula is C26H17F4N3O2. The zero-order valence-electron chi connectivity index (χ0n) is 18.0. The lowest BCUT2D eigenvalue weighted by Crippen LogP contribution is -2.13. The van der Waals surface area contributed by atoms with Gasteiger partial charge in [-0.25, -0.2) is 4.39 Å². The molecule has 1 heterocycles. The number of amides is 1. The quantitative estimate of drug-likeness (QED) is 0.276. The Morgan fingerprint density at radius 1 is 0.943 bits per heavy atom. The number of anilines is 1. The fourth-order valence-corrected chi connectivity index (χ4v) is 3.88. The van der Waals surface area contributed by atoms with Crippen LogP contribution in [0.25, 0.3) is 21.7 Å². The van der Waals surface area contributed by atoms with Crippen LogP contribution < -0.4 is 10.1 Å². The van der Waals surface area contributed by atoms with Crippen LogP contribution in [0.1, 0.15) is 21.5 Å². The zero-order chi connectivity index (χ0) is 24.6. The second kappa shape index (κ2) is 8.75. The maximum Gasteiger partial charge on any atom is 0.416 e. The molecule has 0 radical (unpaired) electrons. The van der Waals surface area contributed by atoms with Crippen molar-refractivity contribution in [1.82, 2.24) is 10.2 Å². The van der Waals surface area contributed by atoms with Crippen molar-refractivity contribution in [3.63, 3.8) is 0 Å². The van der Waals surface area contributed by atoms with E-state index in [2.05, 4.69) is 15.5 Å². The Bertz CT molecular complexity index is 1550. The molecule has 0 aliphatic carbocycles. The minimum Gasteiger partial charge on any atom is -0.489 e. The molecule has 5 nitrogen and oxygen atoms in total. The Morgan fingerprint density at radius 3 is 2.57 bits per heavy atom. The van der Waals surface area contributed by atoms with E-state index in [1.165, 1.54) is 0 Å². The fraction of sp³-hybridized carbons (Fsp3) is 0.0769. The number of ether oxygens (including phenoxy) is 1. The molecule has 0 fully saturated rings. The van der Waals surface area contributed by atoms with Crippen molar-refractivity contribution in [3.8, 4) is 5.75 Å². The van der Waals surface area contributed by atoms with E-state index in [1.807, 2.05) is 30.3 Å². The molecule has 0 unspecified atom stereocenters. The van der Waals surface area contributed by atoms with Gasteiger partial charge >= 0.3 is 6.18 Å². The van der Waals surface area contributed by atoms with Crippen LogP contribution in [0.2, 0.25) is 0 Å². The van der Waals surface area contributed by atoms with E-state index in [0.717, 1.165) is 22.9 Å². The standard InChI is InChI=1S/C26H17F4N3O2/c27-17-9-8-16(22(12-17)26(28,29)30)14-35-18-10-11-23-21(13-18)24(33-32-23)31-25(34)20-7-3-5-15-4-1-2-6-19(15)20/h1-13H,14H2,(H2,31,32,33,34). The summed E-state index contributed by atoms with van der Waals surface area (Å²) >= 11 is 0. The Morgan fingerprint density at radius 2 is 1.74 bits per heavy atom. The lowest BCUT2D eigenvalue weighted by molar-refractivity contribution is -0.138. The van der Waals surface area contributed by atoms with E-state index in [4.69, 9.17) is 4.74 Å². The van der Waals surface area contributed by atoms with E-state index in [0.29, 0.717) is 22.5 Å². The summed E-state index contributed by atoms with van der Waals surface area (Å²) in [4.78, 5) is 13.0. The number of hydrogen-bond donors (Lipinski definition) is 2. The number of nitrogens with zero attached hydrogens (tertiary/aromatic N) is 1. The van der Waals surface area contributed by atoms with Crippen molar-refractivity contribution in [1.29, 1.82) is 0 Å². The summed E-state index contributed by atoms with van der Waals surface area (Å²) in [6.07, 6.45) is -4.71. The second-order valence-corrected chi connectivity index (χ2v) is 7.85. The first kappa shape index (κ1) is 22.4. The molecule has 35 heavy (non-hydrogen) atoms. The minimum absolute atomic E-state index is 0.198. The maximum absolute atomic E-state index is 13.4. The molecule has 0 bridgehead atoms.